The van der Waals surface area contributed by atoms with Crippen LogP contribution in [0.4, 0.5) is 4.39 Å². The zero-order valence-electron chi connectivity index (χ0n) is 15.0. The number of carbonyl (C=O) groups excluding carboxylic acids is 1. The van der Waals surface area contributed by atoms with Gasteiger partial charge in [0.25, 0.3) is 5.91 Å². The topological polar surface area (TPSA) is 63.1 Å². The Labute approximate surface area is 168 Å². The molecule has 1 amide bonds. The van der Waals surface area contributed by atoms with Gasteiger partial charge in [-0.2, -0.15) is 0 Å². The van der Waals surface area contributed by atoms with Gasteiger partial charge in [0.2, 0.25) is 0 Å². The zero-order valence-corrected chi connectivity index (χ0v) is 16.6. The summed E-state index contributed by atoms with van der Waals surface area (Å²) >= 11 is 5.86. The Morgan fingerprint density at radius 1 is 1.26 bits per heavy atom. The molecule has 2 saturated heterocycles. The molecule has 2 aliphatic heterocycles. The lowest BCUT2D eigenvalue weighted by Gasteiger charge is -2.20. The van der Waals surface area contributed by atoms with Crippen molar-refractivity contribution in [1.29, 1.82) is 0 Å². The molecule has 2 aromatic rings. The third-order valence-electron chi connectivity index (χ3n) is 5.55. The van der Waals surface area contributed by atoms with Crippen LogP contribution in [0.3, 0.4) is 0 Å². The Balaban J connectivity index is 0.00000210. The summed E-state index contributed by atoms with van der Waals surface area (Å²) in [7, 11) is 0. The van der Waals surface area contributed by atoms with Crippen molar-refractivity contribution in [2.45, 2.75) is 19.8 Å². The number of nitrogens with zero attached hydrogens (tertiary/aromatic N) is 4. The van der Waals surface area contributed by atoms with Crippen molar-refractivity contribution in [2.75, 3.05) is 26.2 Å². The number of amides is 1. The SMILES string of the molecule is Cc1c(C(=O)N2CC[C@@H]3CNC[C@@H]3CC2)nnn1-c1ccc(F)c(Cl)c1.Cl. The quantitative estimate of drug-likeness (QED) is 0.821. The summed E-state index contributed by atoms with van der Waals surface area (Å²) in [5.74, 6) is 0.737. The van der Waals surface area contributed by atoms with E-state index in [2.05, 4.69) is 15.6 Å². The van der Waals surface area contributed by atoms with Crippen LogP contribution in [0.2, 0.25) is 5.02 Å². The second-order valence-corrected chi connectivity index (χ2v) is 7.49. The van der Waals surface area contributed by atoms with Crippen LogP contribution in [0, 0.1) is 24.6 Å². The van der Waals surface area contributed by atoms with Crippen LogP contribution >= 0.6 is 24.0 Å². The summed E-state index contributed by atoms with van der Waals surface area (Å²) in [6.45, 7) is 5.38. The average molecular weight is 414 g/mol. The van der Waals surface area contributed by atoms with Crippen LogP contribution in [-0.4, -0.2) is 52.0 Å². The van der Waals surface area contributed by atoms with Crippen molar-refractivity contribution in [3.63, 3.8) is 0 Å². The fourth-order valence-corrected chi connectivity index (χ4v) is 4.13. The maximum Gasteiger partial charge on any atom is 0.276 e. The average Bonchev–Trinajstić information content (AvgIpc) is 3.18. The first kappa shape index (κ1) is 20.0. The van der Waals surface area contributed by atoms with Crippen LogP contribution < -0.4 is 5.32 Å². The Kier molecular flexibility index (Phi) is 6.03. The highest BCUT2D eigenvalue weighted by Crippen LogP contribution is 2.28. The molecule has 0 unspecified atom stereocenters. The van der Waals surface area contributed by atoms with E-state index in [0.29, 0.717) is 28.9 Å². The van der Waals surface area contributed by atoms with Crippen LogP contribution in [0.5, 0.6) is 0 Å². The standard InChI is InChI=1S/C18H21ClFN5O.ClH/c1-11-17(22-23-25(11)14-2-3-16(20)15(19)8-14)18(26)24-6-4-12-9-21-10-13(12)5-7-24;/h2-3,8,12-13,21H,4-7,9-10H2,1H3;1H/t12-,13+;. The Morgan fingerprint density at radius 2 is 1.93 bits per heavy atom. The molecule has 146 valence electrons. The molecule has 1 aromatic carbocycles. The summed E-state index contributed by atoms with van der Waals surface area (Å²) in [6.07, 6.45) is 2.04. The summed E-state index contributed by atoms with van der Waals surface area (Å²) in [4.78, 5) is 14.9. The van der Waals surface area contributed by atoms with E-state index >= 15 is 0 Å². The molecule has 2 atom stereocenters. The third-order valence-corrected chi connectivity index (χ3v) is 5.84. The van der Waals surface area contributed by atoms with Crippen LogP contribution in [-0.2, 0) is 0 Å². The number of carbonyl (C=O) groups is 1. The molecule has 0 radical (unpaired) electrons. The van der Waals surface area contributed by atoms with Crippen molar-refractivity contribution in [2.24, 2.45) is 11.8 Å². The first-order valence-corrected chi connectivity index (χ1v) is 9.30. The van der Waals surface area contributed by atoms with E-state index in [1.165, 1.54) is 16.8 Å². The first-order valence-electron chi connectivity index (χ1n) is 8.92. The number of benzene rings is 1. The summed E-state index contributed by atoms with van der Waals surface area (Å²) in [5.41, 5.74) is 1.55. The maximum absolute atomic E-state index is 13.4. The predicted molar refractivity (Wildman–Crippen MR) is 103 cm³/mol. The molecule has 3 heterocycles. The second kappa shape index (κ2) is 8.12. The van der Waals surface area contributed by atoms with E-state index in [1.54, 1.807) is 13.0 Å². The molecule has 0 bridgehead atoms. The van der Waals surface area contributed by atoms with Crippen molar-refractivity contribution in [3.05, 3.63) is 40.4 Å². The smallest absolute Gasteiger partial charge is 0.276 e. The molecule has 0 saturated carbocycles. The van der Waals surface area contributed by atoms with Gasteiger partial charge in [0.05, 0.1) is 16.4 Å². The van der Waals surface area contributed by atoms with Gasteiger partial charge in [0.15, 0.2) is 5.69 Å². The van der Waals surface area contributed by atoms with Crippen LogP contribution in [0.1, 0.15) is 29.0 Å². The Bertz CT molecular complexity index is 829. The predicted octanol–water partition coefficient (Wildman–Crippen LogP) is 2.86. The van der Waals surface area contributed by atoms with E-state index in [9.17, 15) is 9.18 Å². The third kappa shape index (κ3) is 3.81. The Morgan fingerprint density at radius 3 is 2.56 bits per heavy atom. The highest BCUT2D eigenvalue weighted by molar-refractivity contribution is 6.30. The lowest BCUT2D eigenvalue weighted by Crippen LogP contribution is -2.33. The van der Waals surface area contributed by atoms with Gasteiger partial charge in [-0.15, -0.1) is 17.5 Å². The fourth-order valence-electron chi connectivity index (χ4n) is 3.96. The summed E-state index contributed by atoms with van der Waals surface area (Å²) < 4.78 is 14.9. The summed E-state index contributed by atoms with van der Waals surface area (Å²) in [6, 6.07) is 4.33. The van der Waals surface area contributed by atoms with E-state index in [4.69, 9.17) is 11.6 Å². The molecule has 1 N–H and O–H groups in total. The normalized spacial score (nSPS) is 22.1. The second-order valence-electron chi connectivity index (χ2n) is 7.08. The maximum atomic E-state index is 13.4. The molecule has 0 spiro atoms. The highest BCUT2D eigenvalue weighted by Gasteiger charge is 2.33. The van der Waals surface area contributed by atoms with Gasteiger partial charge in [-0.05, 0) is 62.9 Å². The summed E-state index contributed by atoms with van der Waals surface area (Å²) in [5, 5.41) is 11.6. The van der Waals surface area contributed by atoms with Crippen molar-refractivity contribution in [1.82, 2.24) is 25.2 Å². The number of fused-ring (bicyclic) bond motifs is 1. The van der Waals surface area contributed by atoms with Gasteiger partial charge in [-0.25, -0.2) is 9.07 Å². The minimum atomic E-state index is -0.492. The molecule has 1 aromatic heterocycles. The molecule has 9 heteroatoms. The van der Waals surface area contributed by atoms with E-state index < -0.39 is 5.82 Å². The van der Waals surface area contributed by atoms with Crippen LogP contribution in [0.25, 0.3) is 5.69 Å². The van der Waals surface area contributed by atoms with Crippen molar-refractivity contribution in [3.8, 4) is 5.69 Å². The largest absolute Gasteiger partial charge is 0.337 e. The lowest BCUT2D eigenvalue weighted by atomic mass is 9.92. The molecule has 6 nitrogen and oxygen atoms in total. The molecule has 4 rings (SSSR count). The number of aromatic nitrogens is 3. The zero-order chi connectivity index (χ0) is 18.3. The number of nitrogens with one attached hydrogen (secondary N) is 1. The highest BCUT2D eigenvalue weighted by atomic mass is 35.5. The fraction of sp³-hybridized carbons (Fsp3) is 0.500. The van der Waals surface area contributed by atoms with Gasteiger partial charge in [-0.1, -0.05) is 16.8 Å². The number of likely N-dealkylation sites (tertiary alicyclic amines) is 1. The van der Waals surface area contributed by atoms with Gasteiger partial charge < -0.3 is 10.2 Å². The molecule has 2 fully saturated rings. The van der Waals surface area contributed by atoms with E-state index in [0.717, 1.165) is 39.0 Å². The lowest BCUT2D eigenvalue weighted by molar-refractivity contribution is 0.0751. The molecular weight excluding hydrogens is 392 g/mol. The number of halogens is 3. The van der Waals surface area contributed by atoms with Crippen molar-refractivity contribution < 1.29 is 9.18 Å². The van der Waals surface area contributed by atoms with Crippen molar-refractivity contribution >= 4 is 29.9 Å². The minimum absolute atomic E-state index is 0. The van der Waals surface area contributed by atoms with Crippen LogP contribution in [0.15, 0.2) is 18.2 Å². The number of hydrogen-bond acceptors (Lipinski definition) is 4. The van der Waals surface area contributed by atoms with E-state index in [-0.39, 0.29) is 23.3 Å². The minimum Gasteiger partial charge on any atom is -0.337 e. The molecule has 0 aliphatic carbocycles. The Hall–Kier alpha value is -1.70. The van der Waals surface area contributed by atoms with E-state index in [1.807, 2.05) is 4.90 Å². The molecule has 2 aliphatic rings. The van der Waals surface area contributed by atoms with Gasteiger partial charge in [-0.3, -0.25) is 4.79 Å². The van der Waals surface area contributed by atoms with Gasteiger partial charge >= 0.3 is 0 Å². The van der Waals surface area contributed by atoms with Gasteiger partial charge in [0.1, 0.15) is 5.82 Å². The number of rotatable bonds is 2. The van der Waals surface area contributed by atoms with Gasteiger partial charge in [0, 0.05) is 13.1 Å². The first-order chi connectivity index (χ1) is 12.5. The monoisotopic (exact) mass is 413 g/mol. The number of hydrogen-bond donors (Lipinski definition) is 1. The molecule has 27 heavy (non-hydrogen) atoms. The molecular formula is C18H22Cl2FN5O.